The zero-order chi connectivity index (χ0) is 19.4. The Morgan fingerprint density at radius 3 is 2.33 bits per heavy atom. The van der Waals surface area contributed by atoms with E-state index in [0.717, 1.165) is 0 Å². The Morgan fingerprint density at radius 1 is 1.04 bits per heavy atom. The first-order valence-electron chi connectivity index (χ1n) is 8.36. The molecule has 2 aromatic carbocycles. The number of hydrogen-bond donors (Lipinski definition) is 0. The molecule has 1 heterocycles. The minimum atomic E-state index is -0.604. The molecule has 0 aliphatic carbocycles. The van der Waals surface area contributed by atoms with Gasteiger partial charge in [-0.15, -0.1) is 0 Å². The van der Waals surface area contributed by atoms with Gasteiger partial charge in [0.15, 0.2) is 0 Å². The fourth-order valence-electron chi connectivity index (χ4n) is 2.96. The number of piperazine rings is 1. The lowest BCUT2D eigenvalue weighted by atomic mass is 10.1. The second-order valence-electron chi connectivity index (χ2n) is 6.04. The summed E-state index contributed by atoms with van der Waals surface area (Å²) in [6, 6.07) is 12.4. The van der Waals surface area contributed by atoms with Gasteiger partial charge in [-0.05, 0) is 30.3 Å². The first kappa shape index (κ1) is 18.9. The quantitative estimate of drug-likeness (QED) is 0.593. The van der Waals surface area contributed by atoms with Crippen LogP contribution in [0.2, 0.25) is 5.02 Å². The lowest BCUT2D eigenvalue weighted by Crippen LogP contribution is -2.49. The first-order chi connectivity index (χ1) is 13.0. The fourth-order valence-corrected chi connectivity index (χ4v) is 3.18. The van der Waals surface area contributed by atoms with Gasteiger partial charge < -0.3 is 9.80 Å². The Hall–Kier alpha value is -2.91. The molecule has 0 radical (unpaired) electrons. The standard InChI is InChI=1S/C20H16ClF2N3O/c21-16-4-3-6-17(22)15(16)12-14(13-24)20(27)26-10-8-25(9-11-26)19-7-2-1-5-18(19)23/h1-7,12H,8-11H2/b14-12+. The van der Waals surface area contributed by atoms with Crippen LogP contribution in [0.1, 0.15) is 5.56 Å². The molecule has 1 fully saturated rings. The van der Waals surface area contributed by atoms with Gasteiger partial charge in [0.2, 0.25) is 0 Å². The number of carbonyl (C=O) groups excluding carboxylic acids is 1. The van der Waals surface area contributed by atoms with Crippen LogP contribution in [0.25, 0.3) is 6.08 Å². The predicted octanol–water partition coefficient (Wildman–Crippen LogP) is 3.87. The van der Waals surface area contributed by atoms with E-state index in [2.05, 4.69) is 0 Å². The predicted molar refractivity (Wildman–Crippen MR) is 100 cm³/mol. The Kier molecular flexibility index (Phi) is 5.72. The maximum absolute atomic E-state index is 13.9. The van der Waals surface area contributed by atoms with Crippen LogP contribution >= 0.6 is 11.6 Å². The van der Waals surface area contributed by atoms with Gasteiger partial charge in [0, 0.05) is 31.7 Å². The lowest BCUT2D eigenvalue weighted by molar-refractivity contribution is -0.126. The summed E-state index contributed by atoms with van der Waals surface area (Å²) in [5, 5.41) is 9.47. The second kappa shape index (κ2) is 8.19. The van der Waals surface area contributed by atoms with Crippen molar-refractivity contribution >= 4 is 29.3 Å². The summed E-state index contributed by atoms with van der Waals surface area (Å²) in [7, 11) is 0. The molecular weight excluding hydrogens is 372 g/mol. The number of amides is 1. The zero-order valence-corrected chi connectivity index (χ0v) is 15.1. The minimum absolute atomic E-state index is 0.00839. The van der Waals surface area contributed by atoms with E-state index >= 15 is 0 Å². The maximum Gasteiger partial charge on any atom is 0.264 e. The van der Waals surface area contributed by atoms with Crippen LogP contribution in [0.15, 0.2) is 48.0 Å². The first-order valence-corrected chi connectivity index (χ1v) is 8.73. The van der Waals surface area contributed by atoms with E-state index in [1.54, 1.807) is 18.2 Å². The van der Waals surface area contributed by atoms with E-state index in [-0.39, 0.29) is 22.0 Å². The van der Waals surface area contributed by atoms with Gasteiger partial charge in [-0.2, -0.15) is 5.26 Å². The van der Waals surface area contributed by atoms with Crippen LogP contribution in [-0.2, 0) is 4.79 Å². The van der Waals surface area contributed by atoms with E-state index in [0.29, 0.717) is 31.9 Å². The SMILES string of the molecule is N#C/C(=C\c1c(F)cccc1Cl)C(=O)N1CCN(c2ccccc2F)CC1. The number of carbonyl (C=O) groups is 1. The average molecular weight is 388 g/mol. The van der Waals surface area contributed by atoms with Crippen molar-refractivity contribution in [1.29, 1.82) is 5.26 Å². The van der Waals surface area contributed by atoms with Crippen LogP contribution < -0.4 is 4.90 Å². The maximum atomic E-state index is 13.9. The number of halogens is 3. The molecule has 1 aliphatic heterocycles. The van der Waals surface area contributed by atoms with Gasteiger partial charge >= 0.3 is 0 Å². The molecule has 0 atom stereocenters. The zero-order valence-electron chi connectivity index (χ0n) is 14.3. The highest BCUT2D eigenvalue weighted by Gasteiger charge is 2.25. The van der Waals surface area contributed by atoms with Gasteiger partial charge in [0.1, 0.15) is 23.3 Å². The molecule has 138 valence electrons. The Balaban J connectivity index is 1.74. The monoisotopic (exact) mass is 387 g/mol. The molecule has 3 rings (SSSR count). The highest BCUT2D eigenvalue weighted by Crippen LogP contribution is 2.24. The fraction of sp³-hybridized carbons (Fsp3) is 0.200. The molecule has 0 aromatic heterocycles. The number of nitrogens with zero attached hydrogens (tertiary/aromatic N) is 3. The summed E-state index contributed by atoms with van der Waals surface area (Å²) in [5.74, 6) is -1.42. The summed E-state index contributed by atoms with van der Waals surface area (Å²) < 4.78 is 27.8. The van der Waals surface area contributed by atoms with Crippen LogP contribution in [-0.4, -0.2) is 37.0 Å². The summed E-state index contributed by atoms with van der Waals surface area (Å²) in [4.78, 5) is 16.0. The Labute approximate surface area is 160 Å². The summed E-state index contributed by atoms with van der Waals surface area (Å²) in [5.41, 5.74) is 0.300. The number of nitriles is 1. The van der Waals surface area contributed by atoms with Crippen LogP contribution in [0.5, 0.6) is 0 Å². The molecule has 1 amide bonds. The highest BCUT2D eigenvalue weighted by molar-refractivity contribution is 6.32. The van der Waals surface area contributed by atoms with Crippen molar-refractivity contribution in [2.75, 3.05) is 31.1 Å². The number of rotatable bonds is 3. The largest absolute Gasteiger partial charge is 0.366 e. The topological polar surface area (TPSA) is 47.3 Å². The molecule has 0 spiro atoms. The third-order valence-electron chi connectivity index (χ3n) is 4.40. The molecule has 1 aliphatic rings. The van der Waals surface area contributed by atoms with E-state index in [1.165, 1.54) is 35.2 Å². The van der Waals surface area contributed by atoms with Crippen molar-refractivity contribution in [2.24, 2.45) is 0 Å². The minimum Gasteiger partial charge on any atom is -0.366 e. The van der Waals surface area contributed by atoms with Gasteiger partial charge in [0.05, 0.1) is 10.7 Å². The van der Waals surface area contributed by atoms with Crippen LogP contribution in [0.3, 0.4) is 0 Å². The summed E-state index contributed by atoms with van der Waals surface area (Å²) >= 11 is 5.96. The Bertz CT molecular complexity index is 911. The molecule has 1 saturated heterocycles. The van der Waals surface area contributed by atoms with Crippen molar-refractivity contribution in [3.8, 4) is 6.07 Å². The second-order valence-corrected chi connectivity index (χ2v) is 6.44. The Morgan fingerprint density at radius 2 is 1.70 bits per heavy atom. The van der Waals surface area contributed by atoms with E-state index in [9.17, 15) is 18.8 Å². The van der Waals surface area contributed by atoms with Gasteiger partial charge in [-0.3, -0.25) is 4.79 Å². The van der Waals surface area contributed by atoms with E-state index in [1.807, 2.05) is 11.0 Å². The van der Waals surface area contributed by atoms with Crippen molar-refractivity contribution in [3.05, 3.63) is 70.3 Å². The van der Waals surface area contributed by atoms with Crippen molar-refractivity contribution in [1.82, 2.24) is 4.90 Å². The lowest BCUT2D eigenvalue weighted by Gasteiger charge is -2.36. The van der Waals surface area contributed by atoms with E-state index in [4.69, 9.17) is 11.6 Å². The number of para-hydroxylation sites is 1. The third kappa shape index (κ3) is 4.09. The van der Waals surface area contributed by atoms with Crippen LogP contribution in [0.4, 0.5) is 14.5 Å². The van der Waals surface area contributed by atoms with Gasteiger partial charge in [0.25, 0.3) is 5.91 Å². The molecule has 2 aromatic rings. The smallest absolute Gasteiger partial charge is 0.264 e. The van der Waals surface area contributed by atoms with Crippen LogP contribution in [0, 0.1) is 23.0 Å². The normalized spacial score (nSPS) is 14.8. The molecular formula is C20H16ClF2N3O. The molecule has 0 saturated carbocycles. The highest BCUT2D eigenvalue weighted by atomic mass is 35.5. The number of hydrogen-bond acceptors (Lipinski definition) is 3. The van der Waals surface area contributed by atoms with Crippen molar-refractivity contribution < 1.29 is 13.6 Å². The molecule has 7 heteroatoms. The van der Waals surface area contributed by atoms with Crippen molar-refractivity contribution in [2.45, 2.75) is 0 Å². The molecule has 0 N–H and O–H groups in total. The van der Waals surface area contributed by atoms with Gasteiger partial charge in [-0.1, -0.05) is 29.8 Å². The summed E-state index contributed by atoms with van der Waals surface area (Å²) in [6.07, 6.45) is 1.17. The average Bonchev–Trinajstić information content (AvgIpc) is 2.68. The van der Waals surface area contributed by atoms with Crippen molar-refractivity contribution in [3.63, 3.8) is 0 Å². The van der Waals surface area contributed by atoms with Gasteiger partial charge in [-0.25, -0.2) is 8.78 Å². The van der Waals surface area contributed by atoms with E-state index < -0.39 is 11.7 Å². The molecule has 4 nitrogen and oxygen atoms in total. The molecule has 0 unspecified atom stereocenters. The summed E-state index contributed by atoms with van der Waals surface area (Å²) in [6.45, 7) is 1.53. The third-order valence-corrected chi connectivity index (χ3v) is 4.73. The molecule has 27 heavy (non-hydrogen) atoms. The number of benzene rings is 2. The molecule has 0 bridgehead atoms. The number of anilines is 1.